The Morgan fingerprint density at radius 1 is 1.00 bits per heavy atom. The van der Waals surface area contributed by atoms with Gasteiger partial charge in [0.2, 0.25) is 5.91 Å². The molecule has 0 aliphatic carbocycles. The molecular weight excluding hydrogens is 374 g/mol. The highest BCUT2D eigenvalue weighted by molar-refractivity contribution is 7.08. The summed E-state index contributed by atoms with van der Waals surface area (Å²) in [4.78, 5) is 38.3. The maximum absolute atomic E-state index is 12.3. The molecule has 1 fully saturated rings. The lowest BCUT2D eigenvalue weighted by molar-refractivity contribution is -0.132. The summed E-state index contributed by atoms with van der Waals surface area (Å²) in [5.41, 5.74) is 1.32. The highest BCUT2D eigenvalue weighted by Crippen LogP contribution is 2.13. The van der Waals surface area contributed by atoms with E-state index in [4.69, 9.17) is 0 Å². The van der Waals surface area contributed by atoms with E-state index in [0.29, 0.717) is 43.6 Å². The molecule has 1 aromatic heterocycles. The Hall–Kier alpha value is -2.67. The lowest BCUT2D eigenvalue weighted by atomic mass is 10.0. The average Bonchev–Trinajstić information content (AvgIpc) is 3.27. The van der Waals surface area contributed by atoms with Crippen LogP contribution in [0.3, 0.4) is 0 Å². The average molecular weight is 400 g/mol. The molecule has 1 aliphatic heterocycles. The van der Waals surface area contributed by atoms with Gasteiger partial charge >= 0.3 is 0 Å². The molecule has 148 valence electrons. The number of benzene rings is 1. The van der Waals surface area contributed by atoms with Gasteiger partial charge < -0.3 is 15.5 Å². The monoisotopic (exact) mass is 399 g/mol. The predicted molar refractivity (Wildman–Crippen MR) is 109 cm³/mol. The van der Waals surface area contributed by atoms with E-state index in [1.54, 1.807) is 23.6 Å². The molecule has 2 aromatic rings. The Bertz CT molecular complexity index is 784. The van der Waals surface area contributed by atoms with E-state index in [1.807, 2.05) is 28.5 Å². The number of carbonyl (C=O) groups excluding carboxylic acids is 3. The molecule has 7 heteroatoms. The van der Waals surface area contributed by atoms with Crippen LogP contribution in [0.25, 0.3) is 0 Å². The van der Waals surface area contributed by atoms with Gasteiger partial charge in [-0.1, -0.05) is 18.2 Å². The SMILES string of the molecule is O=C(NCCCC(=O)N1CCC(NC(=O)c2ccccc2)CC1)c1ccsc1. The van der Waals surface area contributed by atoms with Crippen molar-refractivity contribution >= 4 is 29.1 Å². The first-order valence-electron chi connectivity index (χ1n) is 9.57. The molecule has 1 aromatic carbocycles. The van der Waals surface area contributed by atoms with Crippen molar-refractivity contribution in [2.24, 2.45) is 0 Å². The molecule has 1 saturated heterocycles. The van der Waals surface area contributed by atoms with Gasteiger partial charge in [-0.2, -0.15) is 11.3 Å². The number of hydrogen-bond donors (Lipinski definition) is 2. The molecule has 3 rings (SSSR count). The van der Waals surface area contributed by atoms with Crippen molar-refractivity contribution in [2.75, 3.05) is 19.6 Å². The maximum atomic E-state index is 12.3. The molecule has 0 spiro atoms. The summed E-state index contributed by atoms with van der Waals surface area (Å²) in [6.07, 6.45) is 2.57. The number of thiophene rings is 1. The number of amides is 3. The Balaban J connectivity index is 1.32. The first kappa shape index (κ1) is 20.1. The lowest BCUT2D eigenvalue weighted by Gasteiger charge is -2.32. The van der Waals surface area contributed by atoms with Gasteiger partial charge in [0.1, 0.15) is 0 Å². The number of nitrogens with one attached hydrogen (secondary N) is 2. The van der Waals surface area contributed by atoms with Crippen LogP contribution in [0.5, 0.6) is 0 Å². The Labute approximate surface area is 168 Å². The fourth-order valence-electron chi connectivity index (χ4n) is 3.23. The van der Waals surface area contributed by atoms with Crippen LogP contribution in [0, 0.1) is 0 Å². The van der Waals surface area contributed by atoms with Gasteiger partial charge in [0.05, 0.1) is 0 Å². The number of carbonyl (C=O) groups is 3. The summed E-state index contributed by atoms with van der Waals surface area (Å²) < 4.78 is 0. The van der Waals surface area contributed by atoms with E-state index in [0.717, 1.165) is 12.8 Å². The summed E-state index contributed by atoms with van der Waals surface area (Å²) in [6, 6.07) is 11.1. The van der Waals surface area contributed by atoms with Crippen molar-refractivity contribution < 1.29 is 14.4 Å². The van der Waals surface area contributed by atoms with Gasteiger partial charge in [-0.15, -0.1) is 0 Å². The maximum Gasteiger partial charge on any atom is 0.252 e. The Kier molecular flexibility index (Phi) is 7.19. The second-order valence-corrected chi connectivity index (χ2v) is 7.65. The highest BCUT2D eigenvalue weighted by Gasteiger charge is 2.23. The van der Waals surface area contributed by atoms with Gasteiger partial charge in [-0.25, -0.2) is 0 Å². The summed E-state index contributed by atoms with van der Waals surface area (Å²) in [7, 11) is 0. The van der Waals surface area contributed by atoms with E-state index in [1.165, 1.54) is 11.3 Å². The van der Waals surface area contributed by atoms with Crippen LogP contribution in [0.1, 0.15) is 46.4 Å². The van der Waals surface area contributed by atoms with Crippen LogP contribution in [-0.4, -0.2) is 48.3 Å². The molecule has 2 N–H and O–H groups in total. The third-order valence-corrected chi connectivity index (χ3v) is 5.54. The van der Waals surface area contributed by atoms with Crippen LogP contribution in [0.15, 0.2) is 47.2 Å². The van der Waals surface area contributed by atoms with Crippen LogP contribution >= 0.6 is 11.3 Å². The zero-order valence-electron chi connectivity index (χ0n) is 15.7. The fourth-order valence-corrected chi connectivity index (χ4v) is 3.86. The Morgan fingerprint density at radius 2 is 1.75 bits per heavy atom. The smallest absolute Gasteiger partial charge is 0.252 e. The van der Waals surface area contributed by atoms with Gasteiger partial charge in [-0.3, -0.25) is 14.4 Å². The molecule has 0 bridgehead atoms. The highest BCUT2D eigenvalue weighted by atomic mass is 32.1. The molecule has 3 amide bonds. The van der Waals surface area contributed by atoms with Gasteiger partial charge in [0.25, 0.3) is 11.8 Å². The third-order valence-electron chi connectivity index (χ3n) is 4.86. The zero-order valence-corrected chi connectivity index (χ0v) is 16.5. The Morgan fingerprint density at radius 3 is 2.43 bits per heavy atom. The minimum Gasteiger partial charge on any atom is -0.352 e. The van der Waals surface area contributed by atoms with E-state index < -0.39 is 0 Å². The quantitative estimate of drug-likeness (QED) is 0.703. The predicted octanol–water partition coefficient (Wildman–Crippen LogP) is 2.68. The molecule has 6 nitrogen and oxygen atoms in total. The second kappa shape index (κ2) is 10.0. The number of hydrogen-bond acceptors (Lipinski definition) is 4. The van der Waals surface area contributed by atoms with Crippen LogP contribution in [0.2, 0.25) is 0 Å². The molecule has 0 radical (unpaired) electrons. The molecule has 0 atom stereocenters. The topological polar surface area (TPSA) is 78.5 Å². The van der Waals surface area contributed by atoms with E-state index in [2.05, 4.69) is 10.6 Å². The summed E-state index contributed by atoms with van der Waals surface area (Å²) >= 11 is 1.49. The second-order valence-electron chi connectivity index (χ2n) is 6.87. The molecule has 28 heavy (non-hydrogen) atoms. The number of nitrogens with zero attached hydrogens (tertiary/aromatic N) is 1. The van der Waals surface area contributed by atoms with Crippen LogP contribution in [0.4, 0.5) is 0 Å². The van der Waals surface area contributed by atoms with Gasteiger partial charge in [0.15, 0.2) is 0 Å². The summed E-state index contributed by atoms with van der Waals surface area (Å²) in [5.74, 6) is -0.0481. The summed E-state index contributed by atoms with van der Waals surface area (Å²) in [5, 5.41) is 9.56. The molecule has 0 saturated carbocycles. The molecule has 0 unspecified atom stereocenters. The van der Waals surface area contributed by atoms with Crippen molar-refractivity contribution in [1.82, 2.24) is 15.5 Å². The van der Waals surface area contributed by atoms with Crippen molar-refractivity contribution in [3.8, 4) is 0 Å². The first-order chi connectivity index (χ1) is 13.6. The van der Waals surface area contributed by atoms with E-state index in [-0.39, 0.29) is 23.8 Å². The zero-order chi connectivity index (χ0) is 19.8. The van der Waals surface area contributed by atoms with Gasteiger partial charge in [-0.05, 0) is 42.8 Å². The number of piperidine rings is 1. The molecule has 2 heterocycles. The van der Waals surface area contributed by atoms with Crippen LogP contribution in [-0.2, 0) is 4.79 Å². The van der Waals surface area contributed by atoms with Crippen molar-refractivity contribution in [1.29, 1.82) is 0 Å². The van der Waals surface area contributed by atoms with E-state index >= 15 is 0 Å². The lowest BCUT2D eigenvalue weighted by Crippen LogP contribution is -2.46. The van der Waals surface area contributed by atoms with E-state index in [9.17, 15) is 14.4 Å². The van der Waals surface area contributed by atoms with Gasteiger partial charge in [0, 0.05) is 48.6 Å². The van der Waals surface area contributed by atoms with Crippen molar-refractivity contribution in [2.45, 2.75) is 31.7 Å². The minimum atomic E-state index is -0.0938. The largest absolute Gasteiger partial charge is 0.352 e. The molecule has 1 aliphatic rings. The van der Waals surface area contributed by atoms with Crippen molar-refractivity contribution in [3.63, 3.8) is 0 Å². The van der Waals surface area contributed by atoms with Crippen LogP contribution < -0.4 is 10.6 Å². The normalized spacial score (nSPS) is 14.5. The summed E-state index contributed by atoms with van der Waals surface area (Å²) in [6.45, 7) is 1.80. The third kappa shape index (κ3) is 5.66. The number of likely N-dealkylation sites (tertiary alicyclic amines) is 1. The molecular formula is C21H25N3O3S. The minimum absolute atomic E-state index is 0.0632. The van der Waals surface area contributed by atoms with Crippen molar-refractivity contribution in [3.05, 3.63) is 58.3 Å². The number of rotatable bonds is 7. The fraction of sp³-hybridized carbons (Fsp3) is 0.381. The first-order valence-corrected chi connectivity index (χ1v) is 10.5. The standard InChI is InChI=1S/C21H25N3O3S/c25-19(7-4-11-22-20(26)17-10-14-28-15-17)24-12-8-18(9-13-24)23-21(27)16-5-2-1-3-6-16/h1-3,5-6,10,14-15,18H,4,7-9,11-13H2,(H,22,26)(H,23,27).